The number of methoxy groups -OCH3 is 2. The molecule has 0 unspecified atom stereocenters. The number of benzene rings is 3. The van der Waals surface area contributed by atoms with E-state index in [1.807, 2.05) is 12.1 Å². The third kappa shape index (κ3) is 3.97. The molecule has 5 rings (SSSR count). The molecule has 1 aliphatic heterocycles. The number of aromatic hydroxyl groups is 1. The van der Waals surface area contributed by atoms with E-state index in [1.165, 1.54) is 12.1 Å². The van der Waals surface area contributed by atoms with Gasteiger partial charge in [0.25, 0.3) is 5.91 Å². The summed E-state index contributed by atoms with van der Waals surface area (Å²) in [6, 6.07) is 13.5. The topological polar surface area (TPSA) is 97.9 Å². The highest BCUT2D eigenvalue weighted by molar-refractivity contribution is 6.10. The van der Waals surface area contributed by atoms with E-state index in [0.29, 0.717) is 34.6 Å². The molecule has 1 amide bonds. The SMILES string of the molecule is COc1ccc(CN2Cc3c(c(O)c4ncc(Cc5ccc(F)cc5)cc4c3N)C2=O)c(OC)c1. The predicted molar refractivity (Wildman–Crippen MR) is 130 cm³/mol. The summed E-state index contributed by atoms with van der Waals surface area (Å²) in [7, 11) is 3.13. The van der Waals surface area contributed by atoms with Crippen molar-refractivity contribution in [2.75, 3.05) is 20.0 Å². The van der Waals surface area contributed by atoms with Crippen LogP contribution in [-0.2, 0) is 19.5 Å². The zero-order chi connectivity index (χ0) is 24.7. The van der Waals surface area contributed by atoms with Gasteiger partial charge < -0.3 is 25.2 Å². The van der Waals surface area contributed by atoms with Gasteiger partial charge in [0.05, 0.1) is 19.8 Å². The number of phenolic OH excluding ortho intramolecular Hbond substituents is 1. The van der Waals surface area contributed by atoms with Crippen molar-refractivity contribution in [1.29, 1.82) is 0 Å². The first-order chi connectivity index (χ1) is 16.9. The van der Waals surface area contributed by atoms with Gasteiger partial charge in [0, 0.05) is 47.6 Å². The number of carbonyl (C=O) groups excluding carboxylic acids is 1. The normalized spacial score (nSPS) is 12.8. The maximum Gasteiger partial charge on any atom is 0.258 e. The van der Waals surface area contributed by atoms with Crippen molar-refractivity contribution < 1.29 is 23.8 Å². The van der Waals surface area contributed by atoms with Crippen LogP contribution in [0.1, 0.15) is 32.6 Å². The molecular formula is C27H24FN3O4. The molecule has 178 valence electrons. The van der Waals surface area contributed by atoms with Crippen LogP contribution in [-0.4, -0.2) is 35.1 Å². The van der Waals surface area contributed by atoms with Crippen LogP contribution in [0.4, 0.5) is 10.1 Å². The monoisotopic (exact) mass is 473 g/mol. The average molecular weight is 474 g/mol. The number of phenols is 1. The predicted octanol–water partition coefficient (Wildman–Crippen LogP) is 4.43. The smallest absolute Gasteiger partial charge is 0.258 e. The van der Waals surface area contributed by atoms with Crippen molar-refractivity contribution in [3.05, 3.63) is 88.4 Å². The van der Waals surface area contributed by atoms with Crippen LogP contribution in [0.5, 0.6) is 17.2 Å². The third-order valence-electron chi connectivity index (χ3n) is 6.35. The number of ether oxygens (including phenoxy) is 2. The Kier molecular flexibility index (Phi) is 5.64. The Morgan fingerprint density at radius 1 is 1.09 bits per heavy atom. The van der Waals surface area contributed by atoms with Gasteiger partial charge >= 0.3 is 0 Å². The highest BCUT2D eigenvalue weighted by atomic mass is 19.1. The molecular weight excluding hydrogens is 449 g/mol. The van der Waals surface area contributed by atoms with E-state index in [2.05, 4.69) is 4.98 Å². The second-order valence-electron chi connectivity index (χ2n) is 8.50. The van der Waals surface area contributed by atoms with Gasteiger partial charge in [-0.3, -0.25) is 9.78 Å². The van der Waals surface area contributed by atoms with Crippen LogP contribution in [0.2, 0.25) is 0 Å². The molecule has 0 fully saturated rings. The van der Waals surface area contributed by atoms with Crippen LogP contribution in [0.3, 0.4) is 0 Å². The van der Waals surface area contributed by atoms with Gasteiger partial charge in [-0.1, -0.05) is 12.1 Å². The molecule has 7 nitrogen and oxygen atoms in total. The second kappa shape index (κ2) is 8.79. The van der Waals surface area contributed by atoms with E-state index in [0.717, 1.165) is 16.7 Å². The number of nitrogen functional groups attached to an aromatic ring is 1. The van der Waals surface area contributed by atoms with Crippen LogP contribution in [0.15, 0.2) is 54.7 Å². The maximum atomic E-state index is 13.3. The summed E-state index contributed by atoms with van der Waals surface area (Å²) >= 11 is 0. The van der Waals surface area contributed by atoms with E-state index in [1.54, 1.807) is 49.6 Å². The Labute approximate surface area is 201 Å². The lowest BCUT2D eigenvalue weighted by molar-refractivity contribution is 0.0763. The molecule has 0 saturated carbocycles. The van der Waals surface area contributed by atoms with Crippen LogP contribution in [0, 0.1) is 5.82 Å². The molecule has 0 atom stereocenters. The molecule has 4 aromatic rings. The second-order valence-corrected chi connectivity index (χ2v) is 8.50. The molecule has 35 heavy (non-hydrogen) atoms. The van der Waals surface area contributed by atoms with Crippen molar-refractivity contribution >= 4 is 22.5 Å². The van der Waals surface area contributed by atoms with Gasteiger partial charge in [0.15, 0.2) is 5.75 Å². The molecule has 1 aromatic heterocycles. The number of anilines is 1. The minimum atomic E-state index is -0.318. The van der Waals surface area contributed by atoms with Crippen LogP contribution < -0.4 is 15.2 Å². The molecule has 3 aromatic carbocycles. The first-order valence-corrected chi connectivity index (χ1v) is 11.1. The Morgan fingerprint density at radius 3 is 2.57 bits per heavy atom. The van der Waals surface area contributed by atoms with Gasteiger partial charge in [-0.25, -0.2) is 4.39 Å². The van der Waals surface area contributed by atoms with Gasteiger partial charge in [-0.05, 0) is 47.9 Å². The zero-order valence-corrected chi connectivity index (χ0v) is 19.3. The van der Waals surface area contributed by atoms with E-state index >= 15 is 0 Å². The molecule has 0 aliphatic carbocycles. The molecule has 0 spiro atoms. The lowest BCUT2D eigenvalue weighted by Crippen LogP contribution is -2.23. The Balaban J connectivity index is 1.49. The van der Waals surface area contributed by atoms with Crippen molar-refractivity contribution in [3.8, 4) is 17.2 Å². The first kappa shape index (κ1) is 22.5. The van der Waals surface area contributed by atoms with Crippen molar-refractivity contribution in [3.63, 3.8) is 0 Å². The molecule has 0 bridgehead atoms. The quantitative estimate of drug-likeness (QED) is 0.318. The van der Waals surface area contributed by atoms with Crippen LogP contribution in [0.25, 0.3) is 10.9 Å². The van der Waals surface area contributed by atoms with Gasteiger partial charge in [-0.2, -0.15) is 0 Å². The van der Waals surface area contributed by atoms with E-state index in [-0.39, 0.29) is 41.6 Å². The fraction of sp³-hybridized carbons (Fsp3) is 0.185. The minimum absolute atomic E-state index is 0.174. The number of hydrogen-bond acceptors (Lipinski definition) is 6. The third-order valence-corrected chi connectivity index (χ3v) is 6.35. The summed E-state index contributed by atoms with van der Waals surface area (Å²) in [6.45, 7) is 0.528. The number of halogens is 1. The molecule has 8 heteroatoms. The number of carbonyl (C=O) groups is 1. The number of nitrogens with two attached hydrogens (primary N) is 1. The molecule has 0 radical (unpaired) electrons. The summed E-state index contributed by atoms with van der Waals surface area (Å²) in [4.78, 5) is 19.3. The van der Waals surface area contributed by atoms with Gasteiger partial charge in [0.2, 0.25) is 0 Å². The molecule has 3 N–H and O–H groups in total. The van der Waals surface area contributed by atoms with Crippen LogP contribution >= 0.6 is 0 Å². The number of pyridine rings is 1. The van der Waals surface area contributed by atoms with Gasteiger partial charge in [-0.15, -0.1) is 0 Å². The summed E-state index contributed by atoms with van der Waals surface area (Å²) in [5.41, 5.74) is 10.6. The molecule has 1 aliphatic rings. The average Bonchev–Trinajstić information content (AvgIpc) is 3.20. The number of fused-ring (bicyclic) bond motifs is 2. The maximum absolute atomic E-state index is 13.3. The zero-order valence-electron chi connectivity index (χ0n) is 19.3. The lowest BCUT2D eigenvalue weighted by Gasteiger charge is -2.18. The fourth-order valence-corrected chi connectivity index (χ4v) is 4.53. The van der Waals surface area contributed by atoms with Gasteiger partial charge in [0.1, 0.15) is 22.8 Å². The fourth-order valence-electron chi connectivity index (χ4n) is 4.53. The number of hydrogen-bond donors (Lipinski definition) is 2. The van der Waals surface area contributed by atoms with E-state index < -0.39 is 0 Å². The van der Waals surface area contributed by atoms with E-state index in [9.17, 15) is 14.3 Å². The Hall–Kier alpha value is -4.33. The van der Waals surface area contributed by atoms with Crippen molar-refractivity contribution in [1.82, 2.24) is 9.88 Å². The molecule has 0 saturated heterocycles. The van der Waals surface area contributed by atoms with Crippen molar-refractivity contribution in [2.45, 2.75) is 19.5 Å². The number of nitrogens with zero attached hydrogens (tertiary/aromatic N) is 2. The van der Waals surface area contributed by atoms with E-state index in [4.69, 9.17) is 15.2 Å². The Bertz CT molecular complexity index is 1450. The summed E-state index contributed by atoms with van der Waals surface area (Å²) in [5, 5.41) is 11.6. The minimum Gasteiger partial charge on any atom is -0.505 e. The standard InChI is InChI=1S/C27H24FN3O4/c1-34-19-8-5-17(22(11-19)35-2)13-31-14-21-23(27(31)33)26(32)25-20(24(21)29)10-16(12-30-25)9-15-3-6-18(28)7-4-15/h3-8,10-12,32H,9,13-14,29H2,1-2H3. The highest BCUT2D eigenvalue weighted by Crippen LogP contribution is 2.42. The Morgan fingerprint density at radius 2 is 1.86 bits per heavy atom. The summed E-state index contributed by atoms with van der Waals surface area (Å²) in [5.74, 6) is 0.462. The summed E-state index contributed by atoms with van der Waals surface area (Å²) in [6.07, 6.45) is 2.17. The first-order valence-electron chi connectivity index (χ1n) is 11.1. The summed E-state index contributed by atoms with van der Waals surface area (Å²) < 4.78 is 23.9. The molecule has 2 heterocycles. The number of rotatable bonds is 6. The largest absolute Gasteiger partial charge is 0.505 e. The lowest BCUT2D eigenvalue weighted by atomic mass is 9.99. The van der Waals surface area contributed by atoms with Crippen molar-refractivity contribution in [2.24, 2.45) is 0 Å². The highest BCUT2D eigenvalue weighted by Gasteiger charge is 2.34. The number of amides is 1. The number of aromatic nitrogens is 1.